The number of H-pyrrole nitrogens is 1. The number of hydrogen-bond acceptors (Lipinski definition) is 4. The Bertz CT molecular complexity index is 1150. The number of fused-ring (bicyclic) bond motifs is 1. The Hall–Kier alpha value is -3.02. The van der Waals surface area contributed by atoms with Crippen LogP contribution >= 0.6 is 11.6 Å². The number of carbonyl (C=O) groups is 1. The number of aromatic nitrogens is 1. The summed E-state index contributed by atoms with van der Waals surface area (Å²) in [6.07, 6.45) is 0.715. The zero-order chi connectivity index (χ0) is 21.8. The summed E-state index contributed by atoms with van der Waals surface area (Å²) in [7, 11) is -3.67. The van der Waals surface area contributed by atoms with Crippen LogP contribution in [0.1, 0.15) is 16.1 Å². The van der Waals surface area contributed by atoms with Crippen molar-refractivity contribution < 1.29 is 26.5 Å². The minimum absolute atomic E-state index is 0.210. The van der Waals surface area contributed by atoms with Gasteiger partial charge in [-0.15, -0.1) is 0 Å². The number of amides is 1. The van der Waals surface area contributed by atoms with E-state index in [1.807, 2.05) is 0 Å². The molecule has 0 saturated carbocycles. The molecule has 2 aromatic carbocycles. The molecule has 0 aliphatic carbocycles. The minimum atomic E-state index is -3.67. The molecule has 0 fully saturated rings. The van der Waals surface area contributed by atoms with E-state index in [1.165, 1.54) is 6.07 Å². The molecule has 12 heteroatoms. The van der Waals surface area contributed by atoms with Crippen molar-refractivity contribution in [1.29, 1.82) is 5.41 Å². The van der Waals surface area contributed by atoms with Crippen LogP contribution in [0.25, 0.3) is 10.9 Å². The van der Waals surface area contributed by atoms with E-state index in [-0.39, 0.29) is 5.69 Å². The van der Waals surface area contributed by atoms with E-state index in [9.17, 15) is 22.0 Å². The Kier molecular flexibility index (Phi) is 6.90. The Morgan fingerprint density at radius 2 is 1.72 bits per heavy atom. The molecule has 5 N–H and O–H groups in total. The van der Waals surface area contributed by atoms with E-state index in [4.69, 9.17) is 21.6 Å². The second kappa shape index (κ2) is 8.99. The lowest BCUT2D eigenvalue weighted by molar-refractivity contribution is 0.0939. The highest BCUT2D eigenvalue weighted by Gasteiger charge is 2.15. The quantitative estimate of drug-likeness (QED) is 0.179. The summed E-state index contributed by atoms with van der Waals surface area (Å²) < 4.78 is 53.0. The van der Waals surface area contributed by atoms with Gasteiger partial charge in [0, 0.05) is 15.9 Å². The van der Waals surface area contributed by atoms with Crippen LogP contribution in [0.15, 0.2) is 42.5 Å². The number of benzene rings is 2. The van der Waals surface area contributed by atoms with Crippen LogP contribution in [-0.4, -0.2) is 36.0 Å². The summed E-state index contributed by atoms with van der Waals surface area (Å²) in [5, 5.41) is 8.94. The first-order chi connectivity index (χ1) is 13.5. The van der Waals surface area contributed by atoms with Gasteiger partial charge in [-0.25, -0.2) is 8.78 Å². The van der Waals surface area contributed by atoms with Crippen molar-refractivity contribution in [3.63, 3.8) is 0 Å². The maximum Gasteiger partial charge on any atom is 0.286 e. The molecule has 0 atom stereocenters. The smallest absolute Gasteiger partial charge is 0.286 e. The van der Waals surface area contributed by atoms with Crippen LogP contribution in [0.2, 0.25) is 5.02 Å². The lowest BCUT2D eigenvalue weighted by Gasteiger charge is -2.10. The number of carbonyl (C=O) groups excluding carboxylic acids is 1. The Morgan fingerprint density at radius 1 is 1.14 bits per heavy atom. The summed E-state index contributed by atoms with van der Waals surface area (Å²) in [6, 6.07) is 9.90. The summed E-state index contributed by atoms with van der Waals surface area (Å²) in [6.45, 7) is 0. The number of nitrogens with one attached hydrogen (secondary N) is 4. The van der Waals surface area contributed by atoms with Gasteiger partial charge in [0.15, 0.2) is 0 Å². The number of hydrazine groups is 1. The Balaban J connectivity index is 0.000000537. The third kappa shape index (κ3) is 6.52. The van der Waals surface area contributed by atoms with Crippen LogP contribution < -0.4 is 10.9 Å². The maximum absolute atomic E-state index is 13.6. The zero-order valence-electron chi connectivity index (χ0n) is 14.8. The molecule has 0 aliphatic rings. The maximum atomic E-state index is 13.6. The van der Waals surface area contributed by atoms with Crippen molar-refractivity contribution >= 4 is 44.4 Å². The van der Waals surface area contributed by atoms with Crippen molar-refractivity contribution in [1.82, 2.24) is 15.8 Å². The van der Waals surface area contributed by atoms with E-state index < -0.39 is 39.1 Å². The molecule has 29 heavy (non-hydrogen) atoms. The van der Waals surface area contributed by atoms with E-state index in [1.54, 1.807) is 24.3 Å². The van der Waals surface area contributed by atoms with Gasteiger partial charge in [-0.3, -0.25) is 25.6 Å². The van der Waals surface area contributed by atoms with Gasteiger partial charge in [0.25, 0.3) is 16.0 Å². The summed E-state index contributed by atoms with van der Waals surface area (Å²) in [5.41, 5.74) is 4.77. The standard InChI is InChI=1S/C16H11ClF2N4O.CH4O3S/c17-9-4-5-12-8(6-9)7-13(21-12)16(24)23-22-15(20)14-10(18)2-1-3-11(14)19;1-5(2,3)4/h1-7,21H,(H2,20,22)(H,23,24);1H3,(H,2,3,4). The molecule has 1 amide bonds. The number of hydrogen-bond donors (Lipinski definition) is 5. The average molecular weight is 445 g/mol. The highest BCUT2D eigenvalue weighted by molar-refractivity contribution is 7.85. The third-order valence-corrected chi connectivity index (χ3v) is 3.58. The van der Waals surface area contributed by atoms with Gasteiger partial charge in [-0.05, 0) is 36.4 Å². The lowest BCUT2D eigenvalue weighted by atomic mass is 10.2. The lowest BCUT2D eigenvalue weighted by Crippen LogP contribution is -2.42. The molecule has 0 unspecified atom stereocenters. The molecule has 3 aromatic rings. The summed E-state index contributed by atoms with van der Waals surface area (Å²) in [5.74, 6) is -2.99. The fraction of sp³-hybridized carbons (Fsp3) is 0.0588. The van der Waals surface area contributed by atoms with Crippen molar-refractivity contribution in [3.8, 4) is 0 Å². The molecular formula is C17H15ClF2N4O4S. The highest BCUT2D eigenvalue weighted by Crippen LogP contribution is 2.20. The minimum Gasteiger partial charge on any atom is -0.350 e. The molecule has 0 saturated heterocycles. The second-order valence-corrected chi connectivity index (χ2v) is 7.60. The summed E-state index contributed by atoms with van der Waals surface area (Å²) in [4.78, 5) is 15.0. The topological polar surface area (TPSA) is 135 Å². The number of halogens is 3. The van der Waals surface area contributed by atoms with Crippen LogP contribution in [0.4, 0.5) is 8.78 Å². The predicted octanol–water partition coefficient (Wildman–Crippen LogP) is 2.86. The number of aromatic amines is 1. The third-order valence-electron chi connectivity index (χ3n) is 3.34. The fourth-order valence-corrected chi connectivity index (χ4v) is 2.39. The van der Waals surface area contributed by atoms with Crippen molar-refractivity contribution in [3.05, 3.63) is 70.4 Å². The first kappa shape index (κ1) is 22.3. The van der Waals surface area contributed by atoms with E-state index >= 15 is 0 Å². The first-order valence-electron chi connectivity index (χ1n) is 7.75. The van der Waals surface area contributed by atoms with Gasteiger partial charge in [0.1, 0.15) is 23.2 Å². The first-order valence-corrected chi connectivity index (χ1v) is 9.98. The SMILES string of the molecule is CS(=O)(=O)O.N=C(NNC(=O)c1cc2cc(Cl)ccc2[nH]1)c1c(F)cccc1F. The van der Waals surface area contributed by atoms with Gasteiger partial charge < -0.3 is 4.98 Å². The van der Waals surface area contributed by atoms with Crippen LogP contribution in [0.5, 0.6) is 0 Å². The van der Waals surface area contributed by atoms with Crippen molar-refractivity contribution in [2.75, 3.05) is 6.26 Å². The Morgan fingerprint density at radius 3 is 2.31 bits per heavy atom. The molecule has 0 spiro atoms. The monoisotopic (exact) mass is 444 g/mol. The molecular weight excluding hydrogens is 430 g/mol. The molecule has 8 nitrogen and oxygen atoms in total. The van der Waals surface area contributed by atoms with E-state index in [0.717, 1.165) is 17.5 Å². The van der Waals surface area contributed by atoms with Crippen molar-refractivity contribution in [2.45, 2.75) is 0 Å². The van der Waals surface area contributed by atoms with Gasteiger partial charge >= 0.3 is 0 Å². The molecule has 3 rings (SSSR count). The fourth-order valence-electron chi connectivity index (χ4n) is 2.21. The number of rotatable bonds is 2. The van der Waals surface area contributed by atoms with Gasteiger partial charge in [-0.1, -0.05) is 17.7 Å². The van der Waals surface area contributed by atoms with Gasteiger partial charge in [0.05, 0.1) is 11.8 Å². The largest absolute Gasteiger partial charge is 0.350 e. The molecule has 1 heterocycles. The van der Waals surface area contributed by atoms with E-state index in [0.29, 0.717) is 16.8 Å². The summed E-state index contributed by atoms with van der Waals surface area (Å²) >= 11 is 5.88. The number of amidine groups is 1. The average Bonchev–Trinajstić information content (AvgIpc) is 3.01. The molecule has 1 aromatic heterocycles. The van der Waals surface area contributed by atoms with E-state index in [2.05, 4.69) is 15.8 Å². The molecule has 0 aliphatic heterocycles. The Labute approximate surface area is 169 Å². The van der Waals surface area contributed by atoms with Gasteiger partial charge in [0.2, 0.25) is 0 Å². The molecule has 0 bridgehead atoms. The molecule has 154 valence electrons. The van der Waals surface area contributed by atoms with Gasteiger partial charge in [-0.2, -0.15) is 8.42 Å². The molecule has 0 radical (unpaired) electrons. The zero-order valence-corrected chi connectivity index (χ0v) is 16.3. The van der Waals surface area contributed by atoms with Crippen LogP contribution in [0.3, 0.4) is 0 Å². The van der Waals surface area contributed by atoms with Crippen molar-refractivity contribution in [2.24, 2.45) is 0 Å². The van der Waals surface area contributed by atoms with Crippen LogP contribution in [0, 0.1) is 17.0 Å². The normalized spacial score (nSPS) is 10.8. The predicted molar refractivity (Wildman–Crippen MR) is 105 cm³/mol. The second-order valence-electron chi connectivity index (χ2n) is 5.70. The highest BCUT2D eigenvalue weighted by atomic mass is 35.5. The van der Waals surface area contributed by atoms with Crippen LogP contribution in [-0.2, 0) is 10.1 Å².